The van der Waals surface area contributed by atoms with Gasteiger partial charge in [0.2, 0.25) is 0 Å². The summed E-state index contributed by atoms with van der Waals surface area (Å²) in [6, 6.07) is 6.25. The van der Waals surface area contributed by atoms with Gasteiger partial charge in [-0.3, -0.25) is 25.8 Å². The topological polar surface area (TPSA) is 103 Å². The molecule has 0 saturated carbocycles. The first-order valence-corrected chi connectivity index (χ1v) is 7.90. The lowest BCUT2D eigenvalue weighted by Crippen LogP contribution is -2.29. The molecule has 0 saturated heterocycles. The van der Waals surface area contributed by atoms with E-state index in [1.54, 1.807) is 6.92 Å². The van der Waals surface area contributed by atoms with Gasteiger partial charge in [0.1, 0.15) is 5.69 Å². The van der Waals surface area contributed by atoms with Gasteiger partial charge in [-0.1, -0.05) is 0 Å². The van der Waals surface area contributed by atoms with Crippen LogP contribution < -0.4 is 20.3 Å². The van der Waals surface area contributed by atoms with Crippen molar-refractivity contribution in [1.82, 2.24) is 5.43 Å². The van der Waals surface area contributed by atoms with E-state index in [2.05, 4.69) is 10.9 Å². The number of nitrogens with zero attached hydrogens (tertiary/aromatic N) is 1. The molecule has 0 bridgehead atoms. The first kappa shape index (κ1) is 20.8. The molecule has 150 valence electrons. The molecule has 2 rings (SSSR count). The lowest BCUT2D eigenvalue weighted by Gasteiger charge is -2.13. The maximum absolute atomic E-state index is 12.7. The van der Waals surface area contributed by atoms with Gasteiger partial charge in [0.25, 0.3) is 11.6 Å². The number of carbonyl (C=O) groups is 1. The van der Waals surface area contributed by atoms with Crippen molar-refractivity contribution in [3.05, 3.63) is 57.6 Å². The highest BCUT2D eigenvalue weighted by Crippen LogP contribution is 2.34. The number of ether oxygens (including phenoxy) is 2. The number of rotatable bonds is 7. The summed E-state index contributed by atoms with van der Waals surface area (Å²) >= 11 is 0. The molecule has 0 aliphatic heterocycles. The number of benzene rings is 2. The number of methoxy groups -OCH3 is 1. The van der Waals surface area contributed by atoms with Crippen molar-refractivity contribution < 1.29 is 32.4 Å². The van der Waals surface area contributed by atoms with E-state index in [9.17, 15) is 28.1 Å². The predicted octanol–water partition coefficient (Wildman–Crippen LogP) is 3.78. The van der Waals surface area contributed by atoms with Crippen molar-refractivity contribution in [2.24, 2.45) is 0 Å². The van der Waals surface area contributed by atoms with E-state index in [1.807, 2.05) is 0 Å². The number of amides is 1. The number of nitro groups is 1. The van der Waals surface area contributed by atoms with Crippen LogP contribution in [0.4, 0.5) is 24.5 Å². The van der Waals surface area contributed by atoms with Crippen LogP contribution in [0.1, 0.15) is 22.8 Å². The van der Waals surface area contributed by atoms with Crippen molar-refractivity contribution in [3.63, 3.8) is 0 Å². The molecule has 0 aliphatic carbocycles. The van der Waals surface area contributed by atoms with Crippen molar-refractivity contribution in [2.75, 3.05) is 19.1 Å². The molecule has 0 aliphatic rings. The highest BCUT2D eigenvalue weighted by atomic mass is 19.4. The Morgan fingerprint density at radius 2 is 1.89 bits per heavy atom. The van der Waals surface area contributed by atoms with E-state index in [-0.39, 0.29) is 11.3 Å². The third-order valence-corrected chi connectivity index (χ3v) is 3.56. The minimum absolute atomic E-state index is 0.145. The number of hydrogen-bond donors (Lipinski definition) is 2. The monoisotopic (exact) mass is 399 g/mol. The Bertz CT molecular complexity index is 887. The number of carbonyl (C=O) groups excluding carboxylic acids is 1. The second-order valence-corrected chi connectivity index (χ2v) is 5.36. The van der Waals surface area contributed by atoms with Gasteiger partial charge in [-0.25, -0.2) is 0 Å². The van der Waals surface area contributed by atoms with Crippen LogP contribution in [0, 0.1) is 10.1 Å². The Labute approximate surface area is 157 Å². The van der Waals surface area contributed by atoms with E-state index in [4.69, 9.17) is 9.47 Å². The Morgan fingerprint density at radius 3 is 2.46 bits per heavy atom. The smallest absolute Gasteiger partial charge is 0.416 e. The van der Waals surface area contributed by atoms with Gasteiger partial charge in [-0.15, -0.1) is 0 Å². The Hall–Kier alpha value is -3.50. The number of hydrogen-bond acceptors (Lipinski definition) is 6. The van der Waals surface area contributed by atoms with Gasteiger partial charge >= 0.3 is 6.18 Å². The second-order valence-electron chi connectivity index (χ2n) is 5.36. The summed E-state index contributed by atoms with van der Waals surface area (Å²) in [7, 11) is 1.43. The molecule has 0 atom stereocenters. The normalized spacial score (nSPS) is 10.9. The molecule has 11 heteroatoms. The van der Waals surface area contributed by atoms with Crippen LogP contribution in [0.15, 0.2) is 36.4 Å². The van der Waals surface area contributed by atoms with Crippen LogP contribution >= 0.6 is 0 Å². The number of nitrogens with one attached hydrogen (secondary N) is 2. The summed E-state index contributed by atoms with van der Waals surface area (Å²) in [5.74, 6) is 0.0423. The quantitative estimate of drug-likeness (QED) is 0.543. The molecule has 0 radical (unpaired) electrons. The average molecular weight is 399 g/mol. The standard InChI is InChI=1S/C17H16F3N3O5/c1-3-28-15-8-10(4-7-14(15)27-2)16(24)22-21-12-6-5-11(17(18,19)20)9-13(12)23(25)26/h4-9,21H,3H2,1-2H3,(H,22,24). The minimum atomic E-state index is -4.73. The molecular weight excluding hydrogens is 383 g/mol. The lowest BCUT2D eigenvalue weighted by atomic mass is 10.1. The fourth-order valence-electron chi connectivity index (χ4n) is 2.25. The van der Waals surface area contributed by atoms with E-state index in [1.165, 1.54) is 25.3 Å². The number of nitro benzene ring substituents is 1. The van der Waals surface area contributed by atoms with Crippen molar-refractivity contribution in [2.45, 2.75) is 13.1 Å². The van der Waals surface area contributed by atoms with Gasteiger partial charge in [0.15, 0.2) is 11.5 Å². The van der Waals surface area contributed by atoms with Crippen LogP contribution in [0.25, 0.3) is 0 Å². The lowest BCUT2D eigenvalue weighted by molar-refractivity contribution is -0.384. The van der Waals surface area contributed by atoms with Gasteiger partial charge in [0, 0.05) is 11.6 Å². The molecule has 28 heavy (non-hydrogen) atoms. The van der Waals surface area contributed by atoms with Crippen LogP contribution in [0.5, 0.6) is 11.5 Å². The first-order valence-electron chi connectivity index (χ1n) is 7.90. The fourth-order valence-corrected chi connectivity index (χ4v) is 2.25. The zero-order chi connectivity index (χ0) is 20.9. The van der Waals surface area contributed by atoms with Crippen molar-refractivity contribution in [3.8, 4) is 11.5 Å². The molecule has 2 N–H and O–H groups in total. The van der Waals surface area contributed by atoms with Crippen LogP contribution in [0.2, 0.25) is 0 Å². The number of halogens is 3. The highest BCUT2D eigenvalue weighted by Gasteiger charge is 2.33. The molecule has 1 amide bonds. The highest BCUT2D eigenvalue weighted by molar-refractivity contribution is 5.95. The summed E-state index contributed by atoms with van der Waals surface area (Å²) < 4.78 is 48.6. The molecule has 0 heterocycles. The van der Waals surface area contributed by atoms with Gasteiger partial charge in [-0.2, -0.15) is 13.2 Å². The number of anilines is 1. The first-order chi connectivity index (χ1) is 13.2. The van der Waals surface area contributed by atoms with Gasteiger partial charge in [0.05, 0.1) is 24.2 Å². The SMILES string of the molecule is CCOc1cc(C(=O)NNc2ccc(C(F)(F)F)cc2[N+](=O)[O-])ccc1OC. The Balaban J connectivity index is 2.21. The summed E-state index contributed by atoms with van der Waals surface area (Å²) in [4.78, 5) is 22.3. The fraction of sp³-hybridized carbons (Fsp3) is 0.235. The summed E-state index contributed by atoms with van der Waals surface area (Å²) in [6.45, 7) is 2.08. The minimum Gasteiger partial charge on any atom is -0.493 e. The summed E-state index contributed by atoms with van der Waals surface area (Å²) in [6.07, 6.45) is -4.73. The molecule has 0 fully saturated rings. The zero-order valence-corrected chi connectivity index (χ0v) is 14.8. The zero-order valence-electron chi connectivity index (χ0n) is 14.8. The number of hydrazine groups is 1. The van der Waals surface area contributed by atoms with Gasteiger partial charge < -0.3 is 9.47 Å². The molecule has 2 aromatic rings. The average Bonchev–Trinajstić information content (AvgIpc) is 2.65. The summed E-state index contributed by atoms with van der Waals surface area (Å²) in [5.41, 5.74) is 2.31. The Morgan fingerprint density at radius 1 is 1.18 bits per heavy atom. The van der Waals surface area contributed by atoms with Crippen LogP contribution in [0.3, 0.4) is 0 Å². The van der Waals surface area contributed by atoms with Crippen LogP contribution in [-0.4, -0.2) is 24.5 Å². The Kier molecular flexibility index (Phi) is 6.29. The molecule has 0 aromatic heterocycles. The van der Waals surface area contributed by atoms with E-state index >= 15 is 0 Å². The third-order valence-electron chi connectivity index (χ3n) is 3.56. The maximum atomic E-state index is 12.7. The molecular formula is C17H16F3N3O5. The third kappa shape index (κ3) is 4.81. The maximum Gasteiger partial charge on any atom is 0.416 e. The molecule has 0 unspecified atom stereocenters. The molecule has 2 aromatic carbocycles. The predicted molar refractivity (Wildman–Crippen MR) is 93.4 cm³/mol. The number of alkyl halides is 3. The van der Waals surface area contributed by atoms with Crippen molar-refractivity contribution >= 4 is 17.3 Å². The van der Waals surface area contributed by atoms with E-state index < -0.39 is 28.3 Å². The molecule has 8 nitrogen and oxygen atoms in total. The molecule has 0 spiro atoms. The van der Waals surface area contributed by atoms with E-state index in [0.717, 1.165) is 6.07 Å². The largest absolute Gasteiger partial charge is 0.493 e. The van der Waals surface area contributed by atoms with E-state index in [0.29, 0.717) is 30.2 Å². The van der Waals surface area contributed by atoms with Crippen molar-refractivity contribution in [1.29, 1.82) is 0 Å². The summed E-state index contributed by atoms with van der Waals surface area (Å²) in [5, 5.41) is 11.1. The van der Waals surface area contributed by atoms with Gasteiger partial charge in [-0.05, 0) is 37.3 Å². The van der Waals surface area contributed by atoms with Crippen LogP contribution in [-0.2, 0) is 6.18 Å². The second kappa shape index (κ2) is 8.46.